The minimum Gasteiger partial charge on any atom is -0.379 e. The third-order valence-corrected chi connectivity index (χ3v) is 6.13. The molecule has 0 aromatic heterocycles. The largest absolute Gasteiger partial charge is 0.379 e. The molecule has 1 aliphatic heterocycles. The fourth-order valence-corrected chi connectivity index (χ4v) is 3.99. The first kappa shape index (κ1) is 39.1. The van der Waals surface area contributed by atoms with E-state index in [2.05, 4.69) is 44.2 Å². The second kappa shape index (κ2) is 29.6. The van der Waals surface area contributed by atoms with Gasteiger partial charge < -0.3 is 33.3 Å². The van der Waals surface area contributed by atoms with Crippen LogP contribution in [-0.4, -0.2) is 109 Å². The van der Waals surface area contributed by atoms with Crippen LogP contribution in [0.4, 0.5) is 0 Å². The Kier molecular flexibility index (Phi) is 28.2. The maximum absolute atomic E-state index is 10.7. The van der Waals surface area contributed by atoms with Crippen LogP contribution in [0.1, 0.15) is 65.4 Å². The lowest BCUT2D eigenvalue weighted by atomic mass is 9.80. The van der Waals surface area contributed by atoms with E-state index >= 15 is 0 Å². The van der Waals surface area contributed by atoms with Crippen molar-refractivity contribution in [1.82, 2.24) is 4.90 Å². The predicted molar refractivity (Wildman–Crippen MR) is 162 cm³/mol. The number of ketones is 1. The zero-order chi connectivity index (χ0) is 30.4. The highest BCUT2D eigenvalue weighted by Crippen LogP contribution is 2.33. The summed E-state index contributed by atoms with van der Waals surface area (Å²) in [4.78, 5) is 23.0. The van der Waals surface area contributed by atoms with E-state index in [1.165, 1.54) is 5.56 Å². The van der Waals surface area contributed by atoms with Crippen molar-refractivity contribution in [3.63, 3.8) is 0 Å². The van der Waals surface area contributed by atoms with Crippen LogP contribution < -0.4 is 0 Å². The lowest BCUT2D eigenvalue weighted by Gasteiger charge is -2.41. The molecule has 1 amide bonds. The molecule has 1 atom stereocenters. The van der Waals surface area contributed by atoms with Crippen LogP contribution in [0.25, 0.3) is 0 Å². The van der Waals surface area contributed by atoms with Gasteiger partial charge in [0, 0.05) is 32.0 Å². The number of hydrogen-bond donors (Lipinski definition) is 0. The van der Waals surface area contributed by atoms with Crippen LogP contribution in [0.15, 0.2) is 30.3 Å². The molecule has 1 heterocycles. The Bertz CT molecular complexity index is 700. The van der Waals surface area contributed by atoms with Crippen molar-refractivity contribution in [2.75, 3.05) is 92.4 Å². The summed E-state index contributed by atoms with van der Waals surface area (Å²) < 4.78 is 32.0. The summed E-state index contributed by atoms with van der Waals surface area (Å²) in [5, 5.41) is 0. The fourth-order valence-electron chi connectivity index (χ4n) is 3.99. The highest BCUT2D eigenvalue weighted by atomic mass is 16.6. The van der Waals surface area contributed by atoms with E-state index in [9.17, 15) is 9.59 Å². The average molecular weight is 584 g/mol. The lowest BCUT2D eigenvalue weighted by molar-refractivity contribution is -0.124. The molecule has 0 aliphatic carbocycles. The molecular formula is C32H57NO8. The summed E-state index contributed by atoms with van der Waals surface area (Å²) in [5.74, 6) is 1.41. The molecule has 0 bridgehead atoms. The SMILES string of the molecule is CC.CCC(c1ccccc1)C1CN(C=O)C1.CCCOCCOCCOCCOCCOCCOCCC(C)=O. The highest BCUT2D eigenvalue weighted by Gasteiger charge is 2.32. The standard InChI is InChI=1S/C17H34O7.C13H17NO.C2H6/c1-3-5-19-7-9-21-11-13-23-15-16-24-14-12-22-10-8-20-6-4-17(2)18;1-2-13(11-6-4-3-5-7-11)12-8-14(9-12)10-15;1-2/h3-16H2,1-2H3;3-7,10,12-13H,2,8-9H2,1H3;1-2H3. The van der Waals surface area contributed by atoms with Crippen molar-refractivity contribution in [1.29, 1.82) is 0 Å². The molecule has 1 aromatic rings. The van der Waals surface area contributed by atoms with Gasteiger partial charge in [-0.15, -0.1) is 0 Å². The summed E-state index contributed by atoms with van der Waals surface area (Å²) >= 11 is 0. The van der Waals surface area contributed by atoms with Crippen LogP contribution in [0.3, 0.4) is 0 Å². The van der Waals surface area contributed by atoms with Crippen molar-refractivity contribution >= 4 is 12.2 Å². The van der Waals surface area contributed by atoms with Gasteiger partial charge in [0.05, 0.1) is 72.7 Å². The van der Waals surface area contributed by atoms with Gasteiger partial charge in [-0.1, -0.05) is 58.0 Å². The normalized spacial score (nSPS) is 13.3. The minimum absolute atomic E-state index is 0.138. The molecule has 1 unspecified atom stereocenters. The minimum atomic E-state index is 0.138. The second-order valence-corrected chi connectivity index (χ2v) is 9.37. The summed E-state index contributed by atoms with van der Waals surface area (Å²) in [6, 6.07) is 10.6. The van der Waals surface area contributed by atoms with E-state index in [-0.39, 0.29) is 5.78 Å². The molecule has 9 heteroatoms. The molecule has 1 aliphatic rings. The van der Waals surface area contributed by atoms with Gasteiger partial charge in [-0.05, 0) is 31.2 Å². The first-order valence-electron chi connectivity index (χ1n) is 15.3. The average Bonchev–Trinajstić information content (AvgIpc) is 2.97. The topological polar surface area (TPSA) is 92.8 Å². The third-order valence-electron chi connectivity index (χ3n) is 6.13. The van der Waals surface area contributed by atoms with Crippen LogP contribution in [0.5, 0.6) is 0 Å². The molecule has 41 heavy (non-hydrogen) atoms. The molecular weight excluding hydrogens is 526 g/mol. The lowest BCUT2D eigenvalue weighted by Crippen LogP contribution is -2.48. The first-order valence-corrected chi connectivity index (χ1v) is 15.3. The summed E-state index contributed by atoms with van der Waals surface area (Å²) in [6.07, 6.45) is 3.60. The van der Waals surface area contributed by atoms with E-state index in [4.69, 9.17) is 28.4 Å². The maximum Gasteiger partial charge on any atom is 0.209 e. The Morgan fingerprint density at radius 1 is 0.756 bits per heavy atom. The molecule has 238 valence electrons. The zero-order valence-corrected chi connectivity index (χ0v) is 26.4. The molecule has 9 nitrogen and oxygen atoms in total. The molecule has 0 spiro atoms. The van der Waals surface area contributed by atoms with E-state index in [1.807, 2.05) is 18.7 Å². The van der Waals surface area contributed by atoms with Gasteiger partial charge in [-0.2, -0.15) is 0 Å². The summed E-state index contributed by atoms with van der Waals surface area (Å²) in [6.45, 7) is 18.5. The molecule has 1 aromatic carbocycles. The number of benzene rings is 1. The third kappa shape index (κ3) is 22.4. The van der Waals surface area contributed by atoms with Crippen molar-refractivity contribution < 1.29 is 38.0 Å². The van der Waals surface area contributed by atoms with Gasteiger partial charge >= 0.3 is 0 Å². The van der Waals surface area contributed by atoms with Crippen LogP contribution >= 0.6 is 0 Å². The van der Waals surface area contributed by atoms with Crippen molar-refractivity contribution in [3.05, 3.63) is 35.9 Å². The van der Waals surface area contributed by atoms with Crippen LogP contribution in [0.2, 0.25) is 0 Å². The number of likely N-dealkylation sites (tertiary alicyclic amines) is 1. The number of carbonyl (C=O) groups excluding carboxylic acids is 2. The molecule has 1 fully saturated rings. The van der Waals surface area contributed by atoms with Crippen LogP contribution in [0, 0.1) is 5.92 Å². The summed E-state index contributed by atoms with van der Waals surface area (Å²) in [7, 11) is 0. The monoisotopic (exact) mass is 583 g/mol. The van der Waals surface area contributed by atoms with Crippen LogP contribution in [-0.2, 0) is 38.0 Å². The highest BCUT2D eigenvalue weighted by molar-refractivity contribution is 5.75. The maximum atomic E-state index is 10.7. The van der Waals surface area contributed by atoms with Crippen molar-refractivity contribution in [2.45, 2.75) is 59.8 Å². The quantitative estimate of drug-likeness (QED) is 0.127. The summed E-state index contributed by atoms with van der Waals surface area (Å²) in [5.41, 5.74) is 1.41. The van der Waals surface area contributed by atoms with Gasteiger partial charge in [0.25, 0.3) is 0 Å². The number of nitrogens with zero attached hydrogens (tertiary/aromatic N) is 1. The molecule has 1 saturated heterocycles. The van der Waals surface area contributed by atoms with Crippen molar-refractivity contribution in [3.8, 4) is 0 Å². The Morgan fingerprint density at radius 2 is 1.17 bits per heavy atom. The molecule has 0 N–H and O–H groups in total. The van der Waals surface area contributed by atoms with E-state index < -0.39 is 0 Å². The van der Waals surface area contributed by atoms with E-state index in [1.54, 1.807) is 6.92 Å². The number of Topliss-reactive ketones (excluding diaryl/α,β-unsaturated/α-hetero) is 1. The number of carbonyl (C=O) groups is 2. The number of amides is 1. The first-order chi connectivity index (χ1) is 20.1. The Morgan fingerprint density at radius 3 is 1.54 bits per heavy atom. The van der Waals surface area contributed by atoms with Gasteiger partial charge in [-0.25, -0.2) is 0 Å². The smallest absolute Gasteiger partial charge is 0.209 e. The van der Waals surface area contributed by atoms with Crippen molar-refractivity contribution in [2.24, 2.45) is 5.92 Å². The Balaban J connectivity index is 0.000000798. The fraction of sp³-hybridized carbons (Fsp3) is 0.750. The zero-order valence-electron chi connectivity index (χ0n) is 26.4. The Labute approximate surface area is 249 Å². The predicted octanol–water partition coefficient (Wildman–Crippen LogP) is 4.77. The van der Waals surface area contributed by atoms with Gasteiger partial charge in [0.2, 0.25) is 6.41 Å². The number of hydrogen-bond acceptors (Lipinski definition) is 8. The Hall–Kier alpha value is -1.88. The number of rotatable bonds is 24. The second-order valence-electron chi connectivity index (χ2n) is 9.37. The number of ether oxygens (including phenoxy) is 6. The van der Waals surface area contributed by atoms with Gasteiger partial charge in [0.1, 0.15) is 5.78 Å². The molecule has 0 saturated carbocycles. The van der Waals surface area contributed by atoms with E-state index in [0.717, 1.165) is 38.9 Å². The molecule has 0 radical (unpaired) electrons. The van der Waals surface area contributed by atoms with Gasteiger partial charge in [-0.3, -0.25) is 9.59 Å². The van der Waals surface area contributed by atoms with E-state index in [0.29, 0.717) is 90.9 Å². The molecule has 2 rings (SSSR count). The van der Waals surface area contributed by atoms with Gasteiger partial charge in [0.15, 0.2) is 0 Å².